The Morgan fingerprint density at radius 2 is 1.96 bits per heavy atom. The summed E-state index contributed by atoms with van der Waals surface area (Å²) in [6.07, 6.45) is 0. The van der Waals surface area contributed by atoms with Crippen LogP contribution in [0.3, 0.4) is 0 Å². The van der Waals surface area contributed by atoms with Crippen molar-refractivity contribution in [1.82, 2.24) is 10.3 Å². The van der Waals surface area contributed by atoms with E-state index in [1.54, 1.807) is 21.1 Å². The van der Waals surface area contributed by atoms with E-state index in [1.807, 2.05) is 12.1 Å². The Labute approximate surface area is 160 Å². The monoisotopic (exact) mass is 371 g/mol. The van der Waals surface area contributed by atoms with Gasteiger partial charge in [0.05, 0.1) is 20.3 Å². The Kier molecular flexibility index (Phi) is 5.44. The number of carbonyl (C=O) groups excluding carboxylic acids is 1. The summed E-state index contributed by atoms with van der Waals surface area (Å²) in [4.78, 5) is 18.8. The molecular weight excluding hydrogens is 342 g/mol. The van der Waals surface area contributed by atoms with Gasteiger partial charge >= 0.3 is 0 Å². The third kappa shape index (κ3) is 3.80. The molecule has 0 bridgehead atoms. The molecule has 0 saturated carbocycles. The molecule has 0 radical (unpaired) electrons. The lowest BCUT2D eigenvalue weighted by molar-refractivity contribution is -0.119. The van der Waals surface area contributed by atoms with E-state index >= 15 is 0 Å². The molecule has 1 aliphatic heterocycles. The van der Waals surface area contributed by atoms with Crippen molar-refractivity contribution in [3.8, 4) is 11.5 Å². The first-order valence-corrected chi connectivity index (χ1v) is 9.39. The molecule has 2 aromatic rings. The molecule has 6 heteroatoms. The number of amides is 1. The van der Waals surface area contributed by atoms with Crippen molar-refractivity contribution in [1.29, 1.82) is 0 Å². The van der Waals surface area contributed by atoms with Crippen LogP contribution in [-0.4, -0.2) is 44.2 Å². The van der Waals surface area contributed by atoms with E-state index in [2.05, 4.69) is 37.1 Å². The van der Waals surface area contributed by atoms with Crippen molar-refractivity contribution in [3.63, 3.8) is 0 Å². The van der Waals surface area contributed by atoms with Crippen LogP contribution in [0.25, 0.3) is 10.9 Å². The standard InChI is InChI=1S/C21H29N3O3/c1-12(2)17-10-24(11-18(17)22-14(4)25)20-7-13(3)16-8-15(26-5)9-19(27-6)21(16)23-20/h7-9,12,17-18H,10-11H2,1-6H3,(H,22,25)/t17-,18+/m0/s1. The molecule has 1 fully saturated rings. The number of nitrogens with one attached hydrogen (secondary N) is 1. The van der Waals surface area contributed by atoms with Crippen molar-refractivity contribution in [2.45, 2.75) is 33.7 Å². The summed E-state index contributed by atoms with van der Waals surface area (Å²) in [6, 6.07) is 6.09. The second kappa shape index (κ2) is 7.62. The number of hydrogen-bond donors (Lipinski definition) is 1. The van der Waals surface area contributed by atoms with Crippen LogP contribution in [0, 0.1) is 18.8 Å². The van der Waals surface area contributed by atoms with Gasteiger partial charge in [-0.3, -0.25) is 4.79 Å². The van der Waals surface area contributed by atoms with E-state index in [-0.39, 0.29) is 11.9 Å². The van der Waals surface area contributed by atoms with Gasteiger partial charge in [-0.05, 0) is 30.5 Å². The summed E-state index contributed by atoms with van der Waals surface area (Å²) in [5, 5.41) is 4.13. The van der Waals surface area contributed by atoms with Gasteiger partial charge in [0.1, 0.15) is 22.8 Å². The zero-order chi connectivity index (χ0) is 19.7. The van der Waals surface area contributed by atoms with Crippen LogP contribution < -0.4 is 19.7 Å². The van der Waals surface area contributed by atoms with Crippen molar-refractivity contribution in [2.75, 3.05) is 32.2 Å². The van der Waals surface area contributed by atoms with Gasteiger partial charge in [-0.2, -0.15) is 0 Å². The molecule has 0 spiro atoms. The summed E-state index contributed by atoms with van der Waals surface area (Å²) in [5.41, 5.74) is 1.95. The third-order valence-electron chi connectivity index (χ3n) is 5.43. The second-order valence-electron chi connectivity index (χ2n) is 7.64. The van der Waals surface area contributed by atoms with E-state index in [4.69, 9.17) is 14.5 Å². The fraction of sp³-hybridized carbons (Fsp3) is 0.524. The van der Waals surface area contributed by atoms with Gasteiger partial charge in [0, 0.05) is 37.4 Å². The van der Waals surface area contributed by atoms with E-state index < -0.39 is 0 Å². The van der Waals surface area contributed by atoms with Gasteiger partial charge in [0.2, 0.25) is 5.91 Å². The molecule has 146 valence electrons. The molecule has 3 rings (SSSR count). The Morgan fingerprint density at radius 1 is 1.22 bits per heavy atom. The highest BCUT2D eigenvalue weighted by Gasteiger charge is 2.36. The molecule has 2 heterocycles. The molecule has 1 aromatic heterocycles. The highest BCUT2D eigenvalue weighted by Crippen LogP contribution is 2.35. The first-order valence-electron chi connectivity index (χ1n) is 9.39. The molecule has 0 unspecified atom stereocenters. The normalized spacial score (nSPS) is 19.6. The number of hydrogen-bond acceptors (Lipinski definition) is 5. The number of benzene rings is 1. The average Bonchev–Trinajstić information content (AvgIpc) is 3.04. The highest BCUT2D eigenvalue weighted by molar-refractivity contribution is 5.90. The summed E-state index contributed by atoms with van der Waals surface area (Å²) in [7, 11) is 3.30. The van der Waals surface area contributed by atoms with Crippen LogP contribution in [0.2, 0.25) is 0 Å². The number of rotatable bonds is 5. The summed E-state index contributed by atoms with van der Waals surface area (Å²) in [6.45, 7) is 9.71. The van der Waals surface area contributed by atoms with E-state index in [9.17, 15) is 4.79 Å². The smallest absolute Gasteiger partial charge is 0.217 e. The van der Waals surface area contributed by atoms with Crippen LogP contribution in [0.15, 0.2) is 18.2 Å². The molecule has 2 atom stereocenters. The third-order valence-corrected chi connectivity index (χ3v) is 5.43. The maximum Gasteiger partial charge on any atom is 0.217 e. The number of ether oxygens (including phenoxy) is 2. The van der Waals surface area contributed by atoms with Gasteiger partial charge in [0.15, 0.2) is 0 Å². The molecule has 1 amide bonds. The number of aryl methyl sites for hydroxylation is 1. The number of methoxy groups -OCH3 is 2. The zero-order valence-corrected chi connectivity index (χ0v) is 17.0. The molecule has 6 nitrogen and oxygen atoms in total. The van der Waals surface area contributed by atoms with Crippen LogP contribution in [-0.2, 0) is 4.79 Å². The quantitative estimate of drug-likeness (QED) is 0.875. The van der Waals surface area contributed by atoms with Crippen molar-refractivity contribution >= 4 is 22.6 Å². The predicted molar refractivity (Wildman–Crippen MR) is 108 cm³/mol. The van der Waals surface area contributed by atoms with Crippen LogP contribution in [0.1, 0.15) is 26.3 Å². The fourth-order valence-corrected chi connectivity index (χ4v) is 3.96. The fourth-order valence-electron chi connectivity index (χ4n) is 3.96. The Bertz CT molecular complexity index is 850. The van der Waals surface area contributed by atoms with E-state index in [0.717, 1.165) is 41.1 Å². The van der Waals surface area contributed by atoms with Crippen LogP contribution >= 0.6 is 0 Å². The summed E-state index contributed by atoms with van der Waals surface area (Å²) < 4.78 is 10.9. The molecule has 0 aliphatic carbocycles. The molecule has 1 saturated heterocycles. The molecule has 1 aliphatic rings. The second-order valence-corrected chi connectivity index (χ2v) is 7.64. The zero-order valence-electron chi connectivity index (χ0n) is 17.0. The van der Waals surface area contributed by atoms with Crippen molar-refractivity contribution in [2.24, 2.45) is 11.8 Å². The van der Waals surface area contributed by atoms with E-state index in [1.165, 1.54) is 0 Å². The number of fused-ring (bicyclic) bond motifs is 1. The Balaban J connectivity index is 2.01. The van der Waals surface area contributed by atoms with Gasteiger partial charge in [0.25, 0.3) is 0 Å². The number of nitrogens with zero attached hydrogens (tertiary/aromatic N) is 2. The van der Waals surface area contributed by atoms with Crippen LogP contribution in [0.5, 0.6) is 11.5 Å². The lowest BCUT2D eigenvalue weighted by Gasteiger charge is -2.21. The minimum Gasteiger partial charge on any atom is -0.497 e. The number of pyridine rings is 1. The van der Waals surface area contributed by atoms with Gasteiger partial charge in [-0.25, -0.2) is 4.98 Å². The largest absolute Gasteiger partial charge is 0.497 e. The highest BCUT2D eigenvalue weighted by atomic mass is 16.5. The topological polar surface area (TPSA) is 63.7 Å². The predicted octanol–water partition coefficient (Wildman–Crippen LogP) is 3.16. The molecular formula is C21H29N3O3. The minimum absolute atomic E-state index is 0.0175. The lowest BCUT2D eigenvalue weighted by atomic mass is 9.91. The van der Waals surface area contributed by atoms with Gasteiger partial charge < -0.3 is 19.7 Å². The van der Waals surface area contributed by atoms with Gasteiger partial charge in [-0.1, -0.05) is 13.8 Å². The maximum absolute atomic E-state index is 11.6. The first-order chi connectivity index (χ1) is 12.8. The molecule has 27 heavy (non-hydrogen) atoms. The lowest BCUT2D eigenvalue weighted by Crippen LogP contribution is -2.40. The summed E-state index contributed by atoms with van der Waals surface area (Å²) >= 11 is 0. The molecule has 1 aromatic carbocycles. The van der Waals surface area contributed by atoms with E-state index in [0.29, 0.717) is 17.6 Å². The van der Waals surface area contributed by atoms with Crippen LogP contribution in [0.4, 0.5) is 5.82 Å². The summed E-state index contributed by atoms with van der Waals surface area (Å²) in [5.74, 6) is 3.26. The maximum atomic E-state index is 11.6. The number of carbonyl (C=O) groups is 1. The minimum atomic E-state index is 0.0175. The first kappa shape index (κ1) is 19.3. The molecule has 1 N–H and O–H groups in total. The number of aromatic nitrogens is 1. The van der Waals surface area contributed by atoms with Gasteiger partial charge in [-0.15, -0.1) is 0 Å². The SMILES string of the molecule is COc1cc(OC)c2nc(N3C[C@@H](NC(C)=O)[C@H](C(C)C)C3)cc(C)c2c1. The number of anilines is 1. The van der Waals surface area contributed by atoms with Crippen molar-refractivity contribution in [3.05, 3.63) is 23.8 Å². The Morgan fingerprint density at radius 3 is 2.56 bits per heavy atom. The average molecular weight is 371 g/mol. The van der Waals surface area contributed by atoms with Crippen molar-refractivity contribution < 1.29 is 14.3 Å². The Hall–Kier alpha value is -2.50.